The average Bonchev–Trinajstić information content (AvgIpc) is 2.12. The Labute approximate surface area is 82.8 Å². The second kappa shape index (κ2) is 4.07. The predicted octanol–water partition coefficient (Wildman–Crippen LogP) is 1.12. The van der Waals surface area contributed by atoms with Gasteiger partial charge in [0.2, 0.25) is 0 Å². The summed E-state index contributed by atoms with van der Waals surface area (Å²) in [4.78, 5) is 0. The van der Waals surface area contributed by atoms with Gasteiger partial charge in [0.1, 0.15) is 5.82 Å². The van der Waals surface area contributed by atoms with Gasteiger partial charge in [-0.2, -0.15) is 0 Å². The number of nitrogens with one attached hydrogen (secondary N) is 1. The monoisotopic (exact) mass is 195 g/mol. The second-order valence-corrected chi connectivity index (χ2v) is 3.73. The average molecular weight is 195 g/mol. The van der Waals surface area contributed by atoms with Gasteiger partial charge in [0, 0.05) is 5.92 Å². The normalized spacial score (nSPS) is 19.0. The molecule has 0 bridgehead atoms. The molecule has 0 saturated carbocycles. The van der Waals surface area contributed by atoms with Gasteiger partial charge in [-0.15, -0.1) is 0 Å². The van der Waals surface area contributed by atoms with E-state index in [0.717, 1.165) is 13.1 Å². The summed E-state index contributed by atoms with van der Waals surface area (Å²) < 4.78 is 13.4. The fraction of sp³-hybridized carbons (Fsp3) is 0.455. The van der Waals surface area contributed by atoms with Crippen LogP contribution >= 0.6 is 0 Å². The lowest BCUT2D eigenvalue weighted by Crippen LogP contribution is -2.46. The summed E-state index contributed by atoms with van der Waals surface area (Å²) >= 11 is 0. The molecular formula is C11H14FNO. The summed E-state index contributed by atoms with van der Waals surface area (Å²) in [6.45, 7) is 1.77. The molecule has 0 aliphatic carbocycles. The van der Waals surface area contributed by atoms with E-state index in [1.807, 2.05) is 6.07 Å². The summed E-state index contributed by atoms with van der Waals surface area (Å²) in [6.07, 6.45) is 0. The Morgan fingerprint density at radius 1 is 1.43 bits per heavy atom. The van der Waals surface area contributed by atoms with Gasteiger partial charge in [0.05, 0.1) is 6.61 Å². The van der Waals surface area contributed by atoms with Crippen LogP contribution in [-0.4, -0.2) is 24.8 Å². The zero-order chi connectivity index (χ0) is 9.97. The zero-order valence-corrected chi connectivity index (χ0v) is 7.91. The quantitative estimate of drug-likeness (QED) is 0.757. The largest absolute Gasteiger partial charge is 0.396 e. The van der Waals surface area contributed by atoms with Crippen molar-refractivity contribution in [3.05, 3.63) is 35.6 Å². The second-order valence-electron chi connectivity index (χ2n) is 3.73. The third kappa shape index (κ3) is 1.65. The fourth-order valence-corrected chi connectivity index (χ4v) is 1.87. The number of aliphatic hydroxyl groups is 1. The Bertz CT molecular complexity index is 312. The van der Waals surface area contributed by atoms with E-state index in [9.17, 15) is 9.50 Å². The van der Waals surface area contributed by atoms with Crippen LogP contribution in [0.3, 0.4) is 0 Å². The summed E-state index contributed by atoms with van der Waals surface area (Å²) in [6, 6.07) is 6.69. The molecule has 1 heterocycles. The minimum atomic E-state index is -0.210. The van der Waals surface area contributed by atoms with Crippen molar-refractivity contribution in [2.75, 3.05) is 19.7 Å². The molecule has 1 aromatic rings. The van der Waals surface area contributed by atoms with Crippen molar-refractivity contribution >= 4 is 0 Å². The van der Waals surface area contributed by atoms with E-state index in [1.54, 1.807) is 12.1 Å². The molecule has 76 valence electrons. The predicted molar refractivity (Wildman–Crippen MR) is 52.6 cm³/mol. The maximum Gasteiger partial charge on any atom is 0.126 e. The molecule has 0 radical (unpaired) electrons. The Kier molecular flexibility index (Phi) is 2.79. The first kappa shape index (κ1) is 9.62. The van der Waals surface area contributed by atoms with Gasteiger partial charge >= 0.3 is 0 Å². The summed E-state index contributed by atoms with van der Waals surface area (Å²) in [5, 5.41) is 12.4. The highest BCUT2D eigenvalue weighted by molar-refractivity contribution is 5.23. The highest BCUT2D eigenvalue weighted by Crippen LogP contribution is 2.28. The standard InChI is InChI=1S/C11H14FNO/c12-11-4-2-1-3-9(11)10(7-14)8-5-13-6-8/h1-4,8,10,13-14H,5-7H2. The van der Waals surface area contributed by atoms with Crippen molar-refractivity contribution in [3.8, 4) is 0 Å². The van der Waals surface area contributed by atoms with E-state index in [0.29, 0.717) is 11.5 Å². The minimum absolute atomic E-state index is 0.0211. The molecule has 1 fully saturated rings. The summed E-state index contributed by atoms with van der Waals surface area (Å²) in [7, 11) is 0. The van der Waals surface area contributed by atoms with Crippen LogP contribution in [0.2, 0.25) is 0 Å². The van der Waals surface area contributed by atoms with Gasteiger partial charge in [-0.05, 0) is 30.6 Å². The number of halogens is 1. The van der Waals surface area contributed by atoms with Gasteiger partial charge < -0.3 is 10.4 Å². The summed E-state index contributed by atoms with van der Waals surface area (Å²) in [5.74, 6) is 0.104. The van der Waals surface area contributed by atoms with Crippen LogP contribution in [0.4, 0.5) is 4.39 Å². The minimum Gasteiger partial charge on any atom is -0.396 e. The molecule has 1 atom stereocenters. The molecular weight excluding hydrogens is 181 g/mol. The first-order valence-electron chi connectivity index (χ1n) is 4.89. The van der Waals surface area contributed by atoms with E-state index in [4.69, 9.17) is 0 Å². The van der Waals surface area contributed by atoms with E-state index in [-0.39, 0.29) is 18.3 Å². The van der Waals surface area contributed by atoms with Crippen LogP contribution in [0.5, 0.6) is 0 Å². The van der Waals surface area contributed by atoms with Crippen molar-refractivity contribution in [1.29, 1.82) is 0 Å². The molecule has 1 saturated heterocycles. The van der Waals surface area contributed by atoms with Crippen molar-refractivity contribution in [2.24, 2.45) is 5.92 Å². The molecule has 2 N–H and O–H groups in total. The van der Waals surface area contributed by atoms with Gasteiger partial charge in [0.25, 0.3) is 0 Å². The number of rotatable bonds is 3. The van der Waals surface area contributed by atoms with E-state index >= 15 is 0 Å². The maximum atomic E-state index is 13.4. The summed E-state index contributed by atoms with van der Waals surface area (Å²) in [5.41, 5.74) is 0.640. The molecule has 1 unspecified atom stereocenters. The number of hydrogen-bond donors (Lipinski definition) is 2. The van der Waals surface area contributed by atoms with Crippen molar-refractivity contribution in [3.63, 3.8) is 0 Å². The molecule has 14 heavy (non-hydrogen) atoms. The fourth-order valence-electron chi connectivity index (χ4n) is 1.87. The molecule has 2 nitrogen and oxygen atoms in total. The first-order chi connectivity index (χ1) is 6.83. The molecule has 0 spiro atoms. The zero-order valence-electron chi connectivity index (χ0n) is 7.91. The van der Waals surface area contributed by atoms with E-state index in [2.05, 4.69) is 5.32 Å². The SMILES string of the molecule is OCC(c1ccccc1F)C1CNC1. The van der Waals surface area contributed by atoms with Crippen LogP contribution in [0.25, 0.3) is 0 Å². The third-order valence-electron chi connectivity index (χ3n) is 2.88. The lowest BCUT2D eigenvalue weighted by molar-refractivity contribution is 0.186. The third-order valence-corrected chi connectivity index (χ3v) is 2.88. The first-order valence-corrected chi connectivity index (χ1v) is 4.89. The van der Waals surface area contributed by atoms with Gasteiger partial charge in [-0.1, -0.05) is 18.2 Å². The molecule has 3 heteroatoms. The van der Waals surface area contributed by atoms with Gasteiger partial charge in [0.15, 0.2) is 0 Å². The topological polar surface area (TPSA) is 32.3 Å². The maximum absolute atomic E-state index is 13.4. The van der Waals surface area contributed by atoms with Crippen LogP contribution < -0.4 is 5.32 Å². The molecule has 1 aliphatic rings. The lowest BCUT2D eigenvalue weighted by atomic mass is 9.82. The number of aliphatic hydroxyl groups excluding tert-OH is 1. The van der Waals surface area contributed by atoms with Crippen LogP contribution in [-0.2, 0) is 0 Å². The Morgan fingerprint density at radius 2 is 2.14 bits per heavy atom. The van der Waals surface area contributed by atoms with Crippen molar-refractivity contribution < 1.29 is 9.50 Å². The van der Waals surface area contributed by atoms with Crippen LogP contribution in [0, 0.1) is 11.7 Å². The molecule has 1 aromatic carbocycles. The Morgan fingerprint density at radius 3 is 2.64 bits per heavy atom. The van der Waals surface area contributed by atoms with Crippen LogP contribution in [0.1, 0.15) is 11.5 Å². The molecule has 0 amide bonds. The molecule has 1 aliphatic heterocycles. The highest BCUT2D eigenvalue weighted by Gasteiger charge is 2.29. The Hall–Kier alpha value is -0.930. The number of benzene rings is 1. The smallest absolute Gasteiger partial charge is 0.126 e. The van der Waals surface area contributed by atoms with E-state index in [1.165, 1.54) is 6.07 Å². The van der Waals surface area contributed by atoms with Crippen LogP contribution in [0.15, 0.2) is 24.3 Å². The van der Waals surface area contributed by atoms with Gasteiger partial charge in [-0.3, -0.25) is 0 Å². The van der Waals surface area contributed by atoms with Crippen molar-refractivity contribution in [2.45, 2.75) is 5.92 Å². The number of hydrogen-bond acceptors (Lipinski definition) is 2. The molecule has 2 rings (SSSR count). The van der Waals surface area contributed by atoms with Gasteiger partial charge in [-0.25, -0.2) is 4.39 Å². The Balaban J connectivity index is 2.22. The van der Waals surface area contributed by atoms with E-state index < -0.39 is 0 Å². The molecule has 0 aromatic heterocycles. The lowest BCUT2D eigenvalue weighted by Gasteiger charge is -2.34. The van der Waals surface area contributed by atoms with Crippen molar-refractivity contribution in [1.82, 2.24) is 5.32 Å². The highest BCUT2D eigenvalue weighted by atomic mass is 19.1.